The molecule has 0 amide bonds. The molecule has 0 aromatic rings. The van der Waals surface area contributed by atoms with Gasteiger partial charge in [-0.3, -0.25) is 4.79 Å². The first-order valence-corrected chi connectivity index (χ1v) is 5.80. The van der Waals surface area contributed by atoms with Gasteiger partial charge in [0.2, 0.25) is 0 Å². The van der Waals surface area contributed by atoms with Crippen molar-refractivity contribution in [2.24, 2.45) is 11.8 Å². The van der Waals surface area contributed by atoms with Crippen LogP contribution in [0.1, 0.15) is 41.0 Å². The molecule has 1 atom stereocenters. The van der Waals surface area contributed by atoms with Gasteiger partial charge in [-0.25, -0.2) is 0 Å². The molecule has 0 aliphatic rings. The number of hydrogen-bond donors (Lipinski definition) is 0. The highest BCUT2D eigenvalue weighted by molar-refractivity contribution is 5.71. The summed E-state index contributed by atoms with van der Waals surface area (Å²) >= 11 is 0. The van der Waals surface area contributed by atoms with E-state index in [2.05, 4.69) is 26.5 Å². The summed E-state index contributed by atoms with van der Waals surface area (Å²) in [5.74, 6) is 0.0373. The van der Waals surface area contributed by atoms with Gasteiger partial charge in [0, 0.05) is 5.92 Å². The van der Waals surface area contributed by atoms with Crippen molar-refractivity contribution in [3.8, 4) is 0 Å². The third-order valence-corrected chi connectivity index (χ3v) is 2.41. The lowest BCUT2D eigenvalue weighted by molar-refractivity contribution is -0.148. The van der Waals surface area contributed by atoms with E-state index in [4.69, 9.17) is 4.74 Å². The quantitative estimate of drug-likeness (QED) is 0.507. The first kappa shape index (κ1) is 14.9. The third kappa shape index (κ3) is 6.44. The Morgan fingerprint density at radius 1 is 1.31 bits per heavy atom. The van der Waals surface area contributed by atoms with Gasteiger partial charge in [0.05, 0.1) is 12.5 Å². The summed E-state index contributed by atoms with van der Waals surface area (Å²) in [5, 5.41) is 0. The van der Waals surface area contributed by atoms with Crippen molar-refractivity contribution < 1.29 is 9.53 Å². The van der Waals surface area contributed by atoms with Crippen LogP contribution in [0.15, 0.2) is 23.8 Å². The number of esters is 1. The minimum atomic E-state index is -0.136. The number of carbonyl (C=O) groups is 1. The van der Waals surface area contributed by atoms with Crippen molar-refractivity contribution in [2.75, 3.05) is 6.61 Å². The van der Waals surface area contributed by atoms with Crippen LogP contribution in [0.3, 0.4) is 0 Å². The van der Waals surface area contributed by atoms with Crippen molar-refractivity contribution in [3.05, 3.63) is 23.8 Å². The van der Waals surface area contributed by atoms with Crippen LogP contribution >= 0.6 is 0 Å². The standard InChI is InChI=1S/C14H24O2/c1-10(2)7-8-13(11(3)4)9-16-14(15)12(5)6/h7,12-13H,3,8-9H2,1-2,4-6H3/t13-/m0/s1. The van der Waals surface area contributed by atoms with Crippen LogP contribution in [0, 0.1) is 11.8 Å². The normalized spacial score (nSPS) is 12.1. The summed E-state index contributed by atoms with van der Waals surface area (Å²) in [6.07, 6.45) is 3.05. The molecule has 0 aliphatic heterocycles. The molecule has 0 aromatic carbocycles. The topological polar surface area (TPSA) is 26.3 Å². The smallest absolute Gasteiger partial charge is 0.308 e. The molecule has 16 heavy (non-hydrogen) atoms. The minimum Gasteiger partial charge on any atom is -0.465 e. The fourth-order valence-corrected chi connectivity index (χ4v) is 1.14. The molecule has 92 valence electrons. The molecule has 0 fully saturated rings. The van der Waals surface area contributed by atoms with E-state index in [1.54, 1.807) is 0 Å². The minimum absolute atomic E-state index is 0.0609. The highest BCUT2D eigenvalue weighted by Crippen LogP contribution is 2.16. The lowest BCUT2D eigenvalue weighted by Gasteiger charge is -2.16. The predicted molar refractivity (Wildman–Crippen MR) is 68.1 cm³/mol. The van der Waals surface area contributed by atoms with Crippen LogP contribution in [0.25, 0.3) is 0 Å². The molecule has 0 heterocycles. The fraction of sp³-hybridized carbons (Fsp3) is 0.643. The third-order valence-electron chi connectivity index (χ3n) is 2.41. The fourth-order valence-electron chi connectivity index (χ4n) is 1.14. The maximum Gasteiger partial charge on any atom is 0.308 e. The van der Waals surface area contributed by atoms with Crippen molar-refractivity contribution in [2.45, 2.75) is 41.0 Å². The van der Waals surface area contributed by atoms with E-state index >= 15 is 0 Å². The van der Waals surface area contributed by atoms with Crippen molar-refractivity contribution in [3.63, 3.8) is 0 Å². The van der Waals surface area contributed by atoms with Crippen LogP contribution in [0.2, 0.25) is 0 Å². The Balaban J connectivity index is 4.20. The molecule has 0 rings (SSSR count). The van der Waals surface area contributed by atoms with E-state index < -0.39 is 0 Å². The molecular weight excluding hydrogens is 200 g/mol. The Morgan fingerprint density at radius 2 is 1.88 bits per heavy atom. The van der Waals surface area contributed by atoms with Gasteiger partial charge in [0.25, 0.3) is 0 Å². The number of carbonyl (C=O) groups excluding carboxylic acids is 1. The molecule has 0 spiro atoms. The Labute approximate surface area is 99.4 Å². The lowest BCUT2D eigenvalue weighted by atomic mass is 9.98. The van der Waals surface area contributed by atoms with Crippen LogP contribution in [0.4, 0.5) is 0 Å². The zero-order valence-corrected chi connectivity index (χ0v) is 11.2. The van der Waals surface area contributed by atoms with Gasteiger partial charge in [0.15, 0.2) is 0 Å². The largest absolute Gasteiger partial charge is 0.465 e. The number of hydrogen-bond acceptors (Lipinski definition) is 2. The van der Waals surface area contributed by atoms with Gasteiger partial charge in [-0.1, -0.05) is 37.6 Å². The molecule has 0 saturated carbocycles. The SMILES string of the molecule is C=C(C)[C@@H](CC=C(C)C)COC(=O)C(C)C. The van der Waals surface area contributed by atoms with E-state index in [0.717, 1.165) is 12.0 Å². The summed E-state index contributed by atoms with van der Waals surface area (Å²) in [7, 11) is 0. The second-order valence-corrected chi connectivity index (χ2v) is 4.85. The first-order chi connectivity index (χ1) is 7.34. The van der Waals surface area contributed by atoms with Crippen LogP contribution in [0.5, 0.6) is 0 Å². The maximum atomic E-state index is 11.3. The van der Waals surface area contributed by atoms with Crippen LogP contribution in [-0.4, -0.2) is 12.6 Å². The highest BCUT2D eigenvalue weighted by Gasteiger charge is 2.13. The second-order valence-electron chi connectivity index (χ2n) is 4.85. The summed E-state index contributed by atoms with van der Waals surface area (Å²) < 4.78 is 5.23. The average Bonchev–Trinajstić information content (AvgIpc) is 2.15. The summed E-state index contributed by atoms with van der Waals surface area (Å²) in [5.41, 5.74) is 2.34. The molecular formula is C14H24O2. The number of rotatable bonds is 6. The van der Waals surface area contributed by atoms with E-state index in [1.807, 2.05) is 20.8 Å². The van der Waals surface area contributed by atoms with Crippen LogP contribution < -0.4 is 0 Å². The van der Waals surface area contributed by atoms with Gasteiger partial charge in [-0.2, -0.15) is 0 Å². The molecule has 0 N–H and O–H groups in total. The van der Waals surface area contributed by atoms with E-state index in [0.29, 0.717) is 6.61 Å². The molecule has 0 aliphatic carbocycles. The lowest BCUT2D eigenvalue weighted by Crippen LogP contribution is -2.18. The van der Waals surface area contributed by atoms with Gasteiger partial charge >= 0.3 is 5.97 Å². The molecule has 0 aromatic heterocycles. The summed E-state index contributed by atoms with van der Waals surface area (Å²) in [4.78, 5) is 11.3. The Kier molecular flexibility index (Phi) is 6.78. The van der Waals surface area contributed by atoms with Crippen molar-refractivity contribution in [1.29, 1.82) is 0 Å². The average molecular weight is 224 g/mol. The summed E-state index contributed by atoms with van der Waals surface area (Å²) in [6, 6.07) is 0. The monoisotopic (exact) mass is 224 g/mol. The molecule has 0 saturated heterocycles. The zero-order valence-electron chi connectivity index (χ0n) is 11.2. The van der Waals surface area contributed by atoms with Crippen molar-refractivity contribution >= 4 is 5.97 Å². The van der Waals surface area contributed by atoms with Crippen LogP contribution in [-0.2, 0) is 9.53 Å². The first-order valence-electron chi connectivity index (χ1n) is 5.80. The summed E-state index contributed by atoms with van der Waals surface area (Å²) in [6.45, 7) is 14.2. The number of allylic oxidation sites excluding steroid dienone is 2. The molecule has 0 bridgehead atoms. The van der Waals surface area contributed by atoms with Gasteiger partial charge in [-0.15, -0.1) is 0 Å². The zero-order chi connectivity index (χ0) is 12.7. The van der Waals surface area contributed by atoms with Gasteiger partial charge in [0.1, 0.15) is 0 Å². The Hall–Kier alpha value is -1.05. The van der Waals surface area contributed by atoms with E-state index in [9.17, 15) is 4.79 Å². The van der Waals surface area contributed by atoms with Crippen molar-refractivity contribution in [1.82, 2.24) is 0 Å². The Bertz CT molecular complexity index is 270. The van der Waals surface area contributed by atoms with Gasteiger partial charge < -0.3 is 4.74 Å². The maximum absolute atomic E-state index is 11.3. The molecule has 2 nitrogen and oxygen atoms in total. The highest BCUT2D eigenvalue weighted by atomic mass is 16.5. The second kappa shape index (κ2) is 7.26. The molecule has 2 heteroatoms. The molecule has 0 radical (unpaired) electrons. The molecule has 0 unspecified atom stereocenters. The predicted octanol–water partition coefficient (Wildman–Crippen LogP) is 3.73. The number of ether oxygens (including phenoxy) is 1. The van der Waals surface area contributed by atoms with E-state index in [1.165, 1.54) is 5.57 Å². The van der Waals surface area contributed by atoms with E-state index in [-0.39, 0.29) is 17.8 Å². The Morgan fingerprint density at radius 3 is 2.25 bits per heavy atom. The van der Waals surface area contributed by atoms with Gasteiger partial charge in [-0.05, 0) is 27.2 Å².